The lowest BCUT2D eigenvalue weighted by molar-refractivity contribution is -0.137. The van der Waals surface area contributed by atoms with Crippen molar-refractivity contribution in [1.82, 2.24) is 9.78 Å². The molecule has 0 saturated carbocycles. The first kappa shape index (κ1) is 9.16. The summed E-state index contributed by atoms with van der Waals surface area (Å²) in [6, 6.07) is 1.68. The molecule has 0 fully saturated rings. The molecule has 0 aliphatic carbocycles. The van der Waals surface area contributed by atoms with E-state index >= 15 is 0 Å². The molecule has 4 nitrogen and oxygen atoms in total. The fourth-order valence-corrected chi connectivity index (χ4v) is 0.533. The van der Waals surface area contributed by atoms with Crippen molar-refractivity contribution < 1.29 is 28.3 Å². The Balaban J connectivity index is 0. The molecule has 0 aliphatic rings. The van der Waals surface area contributed by atoms with Crippen LogP contribution < -0.4 is 17.0 Å². The Hall–Kier alpha value is -0.840. The normalized spacial score (nSPS) is 8.40. The number of carboxylic acid groups (broad SMARTS) is 1. The molecule has 0 aromatic carbocycles. The van der Waals surface area contributed by atoms with Crippen molar-refractivity contribution in [3.63, 3.8) is 0 Å². The van der Waals surface area contributed by atoms with Gasteiger partial charge in [0.15, 0.2) is 0 Å². The van der Waals surface area contributed by atoms with Crippen LogP contribution in [0.2, 0.25) is 0 Å². The van der Waals surface area contributed by atoms with Gasteiger partial charge in [0.25, 0.3) is 0 Å². The van der Waals surface area contributed by atoms with Gasteiger partial charge >= 0.3 is 7.40 Å². The molecule has 1 rings (SSSR count). The molecular weight excluding hydrogens is 200 g/mol. The van der Waals surface area contributed by atoms with E-state index in [2.05, 4.69) is 5.10 Å². The van der Waals surface area contributed by atoms with Gasteiger partial charge in [0.1, 0.15) is 6.54 Å². The van der Waals surface area contributed by atoms with Gasteiger partial charge in [-0.25, -0.2) is 0 Å². The molecule has 1 heterocycles. The molecule has 5 heteroatoms. The minimum Gasteiger partial charge on any atom is -1.00 e. The van der Waals surface area contributed by atoms with Gasteiger partial charge in [-0.1, -0.05) is 0 Å². The Morgan fingerprint density at radius 1 is 1.80 bits per heavy atom. The van der Waals surface area contributed by atoms with Gasteiger partial charge in [-0.15, -0.1) is 0 Å². The minimum atomic E-state index is -0.876. The molecular formula is C5H7BrN2O2. The molecule has 0 aliphatic heterocycles. The standard InChI is InChI=1S/C5H6N2O2.BrH/c8-5(9)4-7-3-1-2-6-7;/h1-3H,4H2,(H,8,9);1H. The summed E-state index contributed by atoms with van der Waals surface area (Å²) in [5.74, 6) is -0.876. The molecule has 0 unspecified atom stereocenters. The highest BCUT2D eigenvalue weighted by Crippen LogP contribution is 1.82. The molecule has 56 valence electrons. The number of aliphatic carboxylic acids is 1. The Morgan fingerprint density at radius 3 is 2.90 bits per heavy atom. The van der Waals surface area contributed by atoms with Crippen molar-refractivity contribution in [3.05, 3.63) is 18.5 Å². The summed E-state index contributed by atoms with van der Waals surface area (Å²) in [6.07, 6.45) is 3.15. The van der Waals surface area contributed by atoms with Gasteiger partial charge in [-0.3, -0.25) is 9.48 Å². The van der Waals surface area contributed by atoms with Gasteiger partial charge in [-0.05, 0) is 6.07 Å². The highest BCUT2D eigenvalue weighted by atomic mass is 79.9. The Morgan fingerprint density at radius 2 is 2.50 bits per heavy atom. The summed E-state index contributed by atoms with van der Waals surface area (Å²) in [5, 5.41) is 11.9. The van der Waals surface area contributed by atoms with E-state index in [1.54, 1.807) is 18.5 Å². The summed E-state index contributed by atoms with van der Waals surface area (Å²) in [5.41, 5.74) is 0. The quantitative estimate of drug-likeness (QED) is 0.565. The predicted molar refractivity (Wildman–Crippen MR) is 31.0 cm³/mol. The van der Waals surface area contributed by atoms with Gasteiger partial charge in [-0.2, -0.15) is 5.10 Å². The van der Waals surface area contributed by atoms with Crippen molar-refractivity contribution in [1.29, 1.82) is 0 Å². The van der Waals surface area contributed by atoms with E-state index in [4.69, 9.17) is 5.11 Å². The van der Waals surface area contributed by atoms with Crippen LogP contribution in [0, 0.1) is 0 Å². The summed E-state index contributed by atoms with van der Waals surface area (Å²) in [6.45, 7) is -0.0625. The zero-order valence-electron chi connectivity index (χ0n) is 6.07. The first-order chi connectivity index (χ1) is 4.29. The molecule has 0 bridgehead atoms. The van der Waals surface area contributed by atoms with Crippen LogP contribution in [0.3, 0.4) is 0 Å². The molecule has 1 N–H and O–H groups in total. The monoisotopic (exact) mass is 206 g/mol. The number of nitrogens with zero attached hydrogens (tertiary/aromatic N) is 2. The summed E-state index contributed by atoms with van der Waals surface area (Å²) >= 11 is 0. The number of aromatic nitrogens is 2. The van der Waals surface area contributed by atoms with Crippen molar-refractivity contribution in [2.45, 2.75) is 6.54 Å². The van der Waals surface area contributed by atoms with E-state index in [-0.39, 0.29) is 25.0 Å². The second-order valence-electron chi connectivity index (χ2n) is 1.60. The summed E-state index contributed by atoms with van der Waals surface area (Å²) in [4.78, 5) is 10.0. The van der Waals surface area contributed by atoms with E-state index in [1.165, 1.54) is 4.68 Å². The smallest absolute Gasteiger partial charge is 1.00 e. The van der Waals surface area contributed by atoms with Gasteiger partial charge in [0, 0.05) is 12.4 Å². The van der Waals surface area contributed by atoms with Crippen LogP contribution in [0.15, 0.2) is 18.5 Å². The van der Waals surface area contributed by atoms with Crippen LogP contribution in [-0.4, -0.2) is 20.9 Å². The maximum atomic E-state index is 10.0. The Bertz CT molecular complexity index is 202. The topological polar surface area (TPSA) is 55.1 Å². The maximum absolute atomic E-state index is 10.0. The number of hydrogen-bond donors (Lipinski definition) is 1. The van der Waals surface area contributed by atoms with Crippen molar-refractivity contribution in [2.75, 3.05) is 0 Å². The molecule has 0 amide bonds. The predicted octanol–water partition coefficient (Wildman–Crippen LogP) is -2.92. The maximum Gasteiger partial charge on any atom is 1.00 e. The Kier molecular flexibility index (Phi) is 3.71. The van der Waals surface area contributed by atoms with E-state index in [1.807, 2.05) is 0 Å². The van der Waals surface area contributed by atoms with Crippen LogP contribution in [0.1, 0.15) is 1.43 Å². The number of rotatable bonds is 2. The van der Waals surface area contributed by atoms with E-state index in [0.717, 1.165) is 0 Å². The van der Waals surface area contributed by atoms with E-state index in [0.29, 0.717) is 0 Å². The lowest BCUT2D eigenvalue weighted by Crippen LogP contribution is -3.00. The average molecular weight is 207 g/mol. The van der Waals surface area contributed by atoms with Crippen LogP contribution >= 0.6 is 0 Å². The fourth-order valence-electron chi connectivity index (χ4n) is 0.533. The third-order valence-electron chi connectivity index (χ3n) is 0.856. The minimum absolute atomic E-state index is 0. The molecule has 1 aromatic heterocycles. The zero-order chi connectivity index (χ0) is 6.69. The lowest BCUT2D eigenvalue weighted by Gasteiger charge is -1.91. The number of halogens is 1. The molecule has 1 aromatic rings. The van der Waals surface area contributed by atoms with Gasteiger partial charge < -0.3 is 22.1 Å². The molecule has 0 atom stereocenters. The summed E-state index contributed by atoms with van der Waals surface area (Å²) in [7, 11) is 0. The number of hydrogen-bond acceptors (Lipinski definition) is 2. The molecule has 0 radical (unpaired) electrons. The first-order valence-electron chi connectivity index (χ1n) is 2.48. The van der Waals surface area contributed by atoms with Crippen LogP contribution in [0.25, 0.3) is 0 Å². The van der Waals surface area contributed by atoms with Gasteiger partial charge in [0.2, 0.25) is 0 Å². The SMILES string of the molecule is O=C(O)Cn1cccn1.[Br-].[H+]. The number of carboxylic acids is 1. The van der Waals surface area contributed by atoms with Crippen LogP contribution in [0.5, 0.6) is 0 Å². The largest absolute Gasteiger partial charge is 1.00 e. The molecule has 0 saturated heterocycles. The van der Waals surface area contributed by atoms with E-state index < -0.39 is 5.97 Å². The first-order valence-corrected chi connectivity index (χ1v) is 2.48. The third kappa shape index (κ3) is 2.63. The van der Waals surface area contributed by atoms with Crippen molar-refractivity contribution in [2.24, 2.45) is 0 Å². The highest BCUT2D eigenvalue weighted by molar-refractivity contribution is 5.66. The van der Waals surface area contributed by atoms with E-state index in [9.17, 15) is 4.79 Å². The number of carbonyl (C=O) groups is 1. The Labute approximate surface area is 69.7 Å². The fraction of sp³-hybridized carbons (Fsp3) is 0.200. The average Bonchev–Trinajstić information content (AvgIpc) is 2.15. The molecule has 0 spiro atoms. The van der Waals surface area contributed by atoms with Crippen molar-refractivity contribution in [3.8, 4) is 0 Å². The van der Waals surface area contributed by atoms with Crippen molar-refractivity contribution >= 4 is 5.97 Å². The highest BCUT2D eigenvalue weighted by Gasteiger charge is 1.95. The zero-order valence-corrected chi connectivity index (χ0v) is 6.65. The molecule has 10 heavy (non-hydrogen) atoms. The second-order valence-corrected chi connectivity index (χ2v) is 1.60. The summed E-state index contributed by atoms with van der Waals surface area (Å²) < 4.78 is 1.35. The second kappa shape index (κ2) is 4.05. The third-order valence-corrected chi connectivity index (χ3v) is 0.856. The van der Waals surface area contributed by atoms with Crippen LogP contribution in [-0.2, 0) is 11.3 Å². The van der Waals surface area contributed by atoms with Crippen LogP contribution in [0.4, 0.5) is 0 Å². The van der Waals surface area contributed by atoms with Gasteiger partial charge in [0.05, 0.1) is 0 Å². The lowest BCUT2D eigenvalue weighted by atomic mass is 10.6.